The van der Waals surface area contributed by atoms with Crippen molar-refractivity contribution < 1.29 is 4.79 Å². The van der Waals surface area contributed by atoms with Gasteiger partial charge in [-0.3, -0.25) is 9.69 Å². The maximum atomic E-state index is 12.3. The molecule has 6 heteroatoms. The summed E-state index contributed by atoms with van der Waals surface area (Å²) in [6, 6.07) is 13.6. The smallest absolute Gasteiger partial charge is 0.251 e. The van der Waals surface area contributed by atoms with Crippen molar-refractivity contribution in [3.63, 3.8) is 0 Å². The number of amides is 1. The van der Waals surface area contributed by atoms with Gasteiger partial charge in [-0.25, -0.2) is 0 Å². The molecule has 1 atom stereocenters. The Hall–Kier alpha value is -1.20. The summed E-state index contributed by atoms with van der Waals surface area (Å²) in [6.07, 6.45) is 2.62. The average Bonchev–Trinajstić information content (AvgIpc) is 2.69. The first-order valence-electron chi connectivity index (χ1n) is 10.1. The number of halogens is 2. The molecule has 1 N–H and O–H groups in total. The maximum absolute atomic E-state index is 12.3. The minimum absolute atomic E-state index is 0.0201. The molecule has 0 bridgehead atoms. The van der Waals surface area contributed by atoms with Gasteiger partial charge < -0.3 is 5.32 Å². The van der Waals surface area contributed by atoms with Crippen LogP contribution in [0.1, 0.15) is 41.3 Å². The Kier molecular flexibility index (Phi) is 8.73. The molecule has 0 saturated carbocycles. The lowest BCUT2D eigenvalue weighted by atomic mass is 9.99. The van der Waals surface area contributed by atoms with Gasteiger partial charge in [0.15, 0.2) is 0 Å². The van der Waals surface area contributed by atoms with Crippen molar-refractivity contribution in [1.82, 2.24) is 10.2 Å². The number of piperidine rings is 1. The number of carbonyl (C=O) groups is 1. The molecule has 2 aromatic carbocycles. The summed E-state index contributed by atoms with van der Waals surface area (Å²) in [5.74, 6) is 2.39. The fraction of sp³-hybridized carbons (Fsp3) is 0.435. The van der Waals surface area contributed by atoms with Gasteiger partial charge in [-0.15, -0.1) is 0 Å². The molecule has 1 aliphatic rings. The second-order valence-corrected chi connectivity index (χ2v) is 9.67. The summed E-state index contributed by atoms with van der Waals surface area (Å²) in [5.41, 5.74) is 3.05. The van der Waals surface area contributed by atoms with Crippen LogP contribution in [-0.4, -0.2) is 36.2 Å². The molecule has 29 heavy (non-hydrogen) atoms. The van der Waals surface area contributed by atoms with Crippen LogP contribution in [-0.2, 0) is 12.3 Å². The normalized spacial score (nSPS) is 17.3. The van der Waals surface area contributed by atoms with Crippen molar-refractivity contribution in [2.45, 2.75) is 32.1 Å². The number of nitrogens with one attached hydrogen (secondary N) is 1. The van der Waals surface area contributed by atoms with Crippen LogP contribution in [0.2, 0.25) is 10.0 Å². The van der Waals surface area contributed by atoms with Crippen LogP contribution >= 0.6 is 35.0 Å². The van der Waals surface area contributed by atoms with Gasteiger partial charge >= 0.3 is 0 Å². The first-order chi connectivity index (χ1) is 14.0. The van der Waals surface area contributed by atoms with Crippen molar-refractivity contribution in [2.75, 3.05) is 25.4 Å². The number of likely N-dealkylation sites (tertiary alicyclic amines) is 1. The van der Waals surface area contributed by atoms with Crippen LogP contribution in [0.25, 0.3) is 0 Å². The molecule has 1 fully saturated rings. The molecule has 0 aromatic heterocycles. The van der Waals surface area contributed by atoms with E-state index in [9.17, 15) is 4.79 Å². The highest BCUT2D eigenvalue weighted by atomic mass is 35.5. The van der Waals surface area contributed by atoms with Crippen molar-refractivity contribution in [3.05, 3.63) is 69.2 Å². The van der Waals surface area contributed by atoms with Crippen LogP contribution in [0.5, 0.6) is 0 Å². The molecule has 156 valence electrons. The third kappa shape index (κ3) is 7.21. The number of rotatable bonds is 8. The van der Waals surface area contributed by atoms with Crippen LogP contribution in [0.3, 0.4) is 0 Å². The summed E-state index contributed by atoms with van der Waals surface area (Å²) in [7, 11) is 0. The topological polar surface area (TPSA) is 32.3 Å². The van der Waals surface area contributed by atoms with Crippen LogP contribution < -0.4 is 5.32 Å². The fourth-order valence-electron chi connectivity index (χ4n) is 3.61. The highest BCUT2D eigenvalue weighted by Gasteiger charge is 2.16. The molecule has 0 aliphatic carbocycles. The van der Waals surface area contributed by atoms with E-state index < -0.39 is 0 Å². The molecule has 0 radical (unpaired) electrons. The van der Waals surface area contributed by atoms with E-state index >= 15 is 0 Å². The largest absolute Gasteiger partial charge is 0.351 e. The fourth-order valence-corrected chi connectivity index (χ4v) is 5.03. The van der Waals surface area contributed by atoms with E-state index in [1.807, 2.05) is 24.3 Å². The van der Waals surface area contributed by atoms with Gasteiger partial charge in [0.25, 0.3) is 5.91 Å². The number of hydrogen-bond acceptors (Lipinski definition) is 3. The van der Waals surface area contributed by atoms with Crippen molar-refractivity contribution in [3.8, 4) is 0 Å². The Morgan fingerprint density at radius 3 is 2.72 bits per heavy atom. The Labute approximate surface area is 188 Å². The standard InChI is InChI=1S/C23H28Cl2N2OS/c1-17-3-2-11-27(14-17)15-18-4-6-19(7-5-18)23(28)26-10-12-29-16-20-8-9-21(24)13-22(20)25/h4-9,13,17H,2-3,10-12,14-16H2,1H3,(H,26,28)/t17-/m1/s1. The van der Waals surface area contributed by atoms with Gasteiger partial charge in [0, 0.05) is 46.7 Å². The monoisotopic (exact) mass is 450 g/mol. The summed E-state index contributed by atoms with van der Waals surface area (Å²) in [4.78, 5) is 14.9. The minimum Gasteiger partial charge on any atom is -0.351 e. The van der Waals surface area contributed by atoms with Crippen LogP contribution in [0.4, 0.5) is 0 Å². The van der Waals surface area contributed by atoms with Gasteiger partial charge in [0.1, 0.15) is 0 Å². The molecule has 1 amide bonds. The van der Waals surface area contributed by atoms with E-state index in [2.05, 4.69) is 29.3 Å². The average molecular weight is 451 g/mol. The number of carbonyl (C=O) groups excluding carboxylic acids is 1. The number of benzene rings is 2. The second kappa shape index (κ2) is 11.3. The highest BCUT2D eigenvalue weighted by molar-refractivity contribution is 7.98. The molecule has 3 nitrogen and oxygen atoms in total. The Morgan fingerprint density at radius 1 is 1.21 bits per heavy atom. The third-order valence-electron chi connectivity index (χ3n) is 5.17. The number of thioether (sulfide) groups is 1. The number of nitrogens with zero attached hydrogens (tertiary/aromatic N) is 1. The molecule has 1 saturated heterocycles. The highest BCUT2D eigenvalue weighted by Crippen LogP contribution is 2.24. The molecule has 1 aliphatic heterocycles. The lowest BCUT2D eigenvalue weighted by Crippen LogP contribution is -2.33. The zero-order valence-electron chi connectivity index (χ0n) is 16.8. The van der Waals surface area contributed by atoms with E-state index in [1.54, 1.807) is 17.8 Å². The van der Waals surface area contributed by atoms with E-state index in [-0.39, 0.29) is 5.91 Å². The van der Waals surface area contributed by atoms with Crippen LogP contribution in [0, 0.1) is 5.92 Å². The number of hydrogen-bond donors (Lipinski definition) is 1. The molecule has 0 spiro atoms. The molecular weight excluding hydrogens is 423 g/mol. The van der Waals surface area contributed by atoms with E-state index in [0.29, 0.717) is 22.2 Å². The predicted octanol–water partition coefficient (Wildman–Crippen LogP) is 5.89. The second-order valence-electron chi connectivity index (χ2n) is 7.72. The Balaban J connectivity index is 1.38. The minimum atomic E-state index is -0.0201. The summed E-state index contributed by atoms with van der Waals surface area (Å²) < 4.78 is 0. The Morgan fingerprint density at radius 2 is 2.00 bits per heavy atom. The Bertz CT molecular complexity index is 813. The molecular formula is C23H28Cl2N2OS. The lowest BCUT2D eigenvalue weighted by Gasteiger charge is -2.30. The molecule has 0 unspecified atom stereocenters. The van der Waals surface area contributed by atoms with Crippen molar-refractivity contribution >= 4 is 40.9 Å². The molecule has 1 heterocycles. The summed E-state index contributed by atoms with van der Waals surface area (Å²) in [5, 5.41) is 4.33. The third-order valence-corrected chi connectivity index (χ3v) is 6.76. The summed E-state index contributed by atoms with van der Waals surface area (Å²) in [6.45, 7) is 6.26. The van der Waals surface area contributed by atoms with E-state index in [4.69, 9.17) is 23.2 Å². The summed E-state index contributed by atoms with van der Waals surface area (Å²) >= 11 is 13.8. The maximum Gasteiger partial charge on any atom is 0.251 e. The predicted molar refractivity (Wildman–Crippen MR) is 125 cm³/mol. The van der Waals surface area contributed by atoms with Gasteiger partial charge in [0.05, 0.1) is 0 Å². The van der Waals surface area contributed by atoms with Gasteiger partial charge in [-0.05, 0) is 60.7 Å². The zero-order valence-corrected chi connectivity index (χ0v) is 19.1. The quantitative estimate of drug-likeness (QED) is 0.508. The first kappa shape index (κ1) is 22.5. The van der Waals surface area contributed by atoms with Gasteiger partial charge in [0.2, 0.25) is 0 Å². The SMILES string of the molecule is C[C@@H]1CCCN(Cc2ccc(C(=O)NCCSCc3ccc(Cl)cc3Cl)cc2)C1. The molecule has 3 rings (SSSR count). The van der Waals surface area contributed by atoms with Crippen LogP contribution in [0.15, 0.2) is 42.5 Å². The van der Waals surface area contributed by atoms with Crippen molar-refractivity contribution in [2.24, 2.45) is 5.92 Å². The zero-order chi connectivity index (χ0) is 20.6. The van der Waals surface area contributed by atoms with Gasteiger partial charge in [-0.2, -0.15) is 11.8 Å². The first-order valence-corrected chi connectivity index (χ1v) is 12.0. The van der Waals surface area contributed by atoms with Crippen molar-refractivity contribution in [1.29, 1.82) is 0 Å². The lowest BCUT2D eigenvalue weighted by molar-refractivity contribution is 0.0956. The van der Waals surface area contributed by atoms with Gasteiger partial charge in [-0.1, -0.05) is 48.3 Å². The van der Waals surface area contributed by atoms with E-state index in [0.717, 1.165) is 29.5 Å². The van der Waals surface area contributed by atoms with E-state index in [1.165, 1.54) is 31.5 Å². The molecule has 2 aromatic rings.